The summed E-state index contributed by atoms with van der Waals surface area (Å²) in [5.41, 5.74) is 0. The molecular formula is C28H44N4O6. The molecule has 5 rings (SSSR count). The lowest BCUT2D eigenvalue weighted by Crippen LogP contribution is -2.47. The van der Waals surface area contributed by atoms with Gasteiger partial charge in [0.05, 0.1) is 20.8 Å². The van der Waals surface area contributed by atoms with Crippen LogP contribution in [0.15, 0.2) is 48.5 Å². The second-order valence-electron chi connectivity index (χ2n) is 7.49. The smallest absolute Gasteiger partial charge is 0.161 e. The van der Waals surface area contributed by atoms with Crippen molar-refractivity contribution in [1.29, 1.82) is 0 Å². The summed E-state index contributed by atoms with van der Waals surface area (Å²) >= 11 is 0. The number of epoxide rings is 1. The van der Waals surface area contributed by atoms with Crippen LogP contribution in [0.4, 0.5) is 0 Å². The van der Waals surface area contributed by atoms with Crippen LogP contribution in [-0.2, 0) is 4.74 Å². The van der Waals surface area contributed by atoms with Gasteiger partial charge in [-0.05, 0) is 24.3 Å². The van der Waals surface area contributed by atoms with Crippen LogP contribution in [0.1, 0.15) is 21.9 Å². The Kier molecular flexibility index (Phi) is 6.89. The summed E-state index contributed by atoms with van der Waals surface area (Å²) in [5, 5.41) is 15.3. The molecule has 10 heteroatoms. The van der Waals surface area contributed by atoms with Crippen LogP contribution < -0.4 is 34.9 Å². The van der Waals surface area contributed by atoms with E-state index in [2.05, 4.69) is 0 Å². The van der Waals surface area contributed by atoms with Crippen molar-refractivity contribution in [3.8, 4) is 23.0 Å². The van der Waals surface area contributed by atoms with E-state index in [1.54, 1.807) is 47.3 Å². The Hall–Kier alpha value is -2.60. The summed E-state index contributed by atoms with van der Waals surface area (Å²) in [6.45, 7) is -22.0. The van der Waals surface area contributed by atoms with Gasteiger partial charge in [-0.1, -0.05) is 24.3 Å². The van der Waals surface area contributed by atoms with Crippen LogP contribution in [0, 0.1) is 0 Å². The van der Waals surface area contributed by atoms with Crippen LogP contribution in [-0.4, -0.2) is 115 Å². The van der Waals surface area contributed by atoms with Crippen LogP contribution >= 0.6 is 0 Å². The molecule has 3 aliphatic heterocycles. The van der Waals surface area contributed by atoms with Crippen molar-refractivity contribution in [3.63, 3.8) is 0 Å². The topological polar surface area (TPSA) is 109 Å². The molecule has 3 aliphatic rings. The normalized spacial score (nSPS) is 36.3. The molecule has 0 spiro atoms. The van der Waals surface area contributed by atoms with Gasteiger partial charge < -0.3 is 44.7 Å². The monoisotopic (exact) mass is 548 g/mol. The molecule has 0 amide bonds. The Bertz CT molecular complexity index is 1480. The molecule has 0 aromatic heterocycles. The first-order valence-corrected chi connectivity index (χ1v) is 11.5. The maximum absolute atomic E-state index is 10.2. The van der Waals surface area contributed by atoms with Crippen molar-refractivity contribution in [1.82, 2.24) is 20.9 Å². The van der Waals surface area contributed by atoms with Gasteiger partial charge in [-0.15, -0.1) is 0 Å². The molecule has 0 bridgehead atoms. The Morgan fingerprint density at radius 2 is 1.32 bits per heavy atom. The van der Waals surface area contributed by atoms with Gasteiger partial charge in [-0.2, -0.15) is 0 Å². The van der Waals surface area contributed by atoms with Crippen molar-refractivity contribution in [3.05, 3.63) is 48.5 Å². The van der Waals surface area contributed by atoms with Gasteiger partial charge in [-0.3, -0.25) is 4.90 Å². The van der Waals surface area contributed by atoms with Crippen molar-refractivity contribution in [2.75, 3.05) is 92.6 Å². The number of nitrogens with one attached hydrogen (secondary N) is 3. The number of benzene rings is 2. The lowest BCUT2D eigenvalue weighted by atomic mass is 10.3. The van der Waals surface area contributed by atoms with Crippen LogP contribution in [0.2, 0.25) is 0 Å². The van der Waals surface area contributed by atoms with Gasteiger partial charge in [0, 0.05) is 80.5 Å². The van der Waals surface area contributed by atoms with E-state index >= 15 is 0 Å². The van der Waals surface area contributed by atoms with Gasteiger partial charge in [0.2, 0.25) is 0 Å². The fraction of sp³-hybridized carbons (Fsp3) is 0.571. The van der Waals surface area contributed by atoms with Crippen molar-refractivity contribution in [2.24, 2.45) is 0 Å². The molecule has 212 valence electrons. The third kappa shape index (κ3) is 11.8. The van der Waals surface area contributed by atoms with E-state index in [0.29, 0.717) is 23.0 Å². The first kappa shape index (κ1) is 14.7. The molecule has 0 aliphatic carbocycles. The minimum atomic E-state index is -2.94. The molecule has 3 fully saturated rings. The first-order chi connectivity index (χ1) is 24.6. The number of hydrogen-bond acceptors (Lipinski definition) is 10. The molecule has 0 saturated carbocycles. The number of aliphatic hydroxyl groups is 1. The summed E-state index contributed by atoms with van der Waals surface area (Å²) < 4.78 is 146. The highest BCUT2D eigenvalue weighted by Crippen LogP contribution is 2.27. The van der Waals surface area contributed by atoms with Gasteiger partial charge in [0.1, 0.15) is 25.4 Å². The number of nitrogens with zero attached hydrogens (tertiary/aromatic N) is 1. The zero-order chi connectivity index (χ0) is 41.2. The predicted octanol–water partition coefficient (Wildman–Crippen LogP) is 0.992. The third-order valence-corrected chi connectivity index (χ3v) is 4.67. The molecular weight excluding hydrogens is 488 g/mol. The zero-order valence-electron chi connectivity index (χ0n) is 37.0. The summed E-state index contributed by atoms with van der Waals surface area (Å²) in [6, 6.07) is 14.2. The predicted molar refractivity (Wildman–Crippen MR) is 148 cm³/mol. The minimum Gasteiger partial charge on any atom is -0.493 e. The van der Waals surface area contributed by atoms with E-state index in [0.717, 1.165) is 18.1 Å². The number of para-hydroxylation sites is 4. The highest BCUT2D eigenvalue weighted by atomic mass is 16.6. The molecule has 3 heterocycles. The SMILES string of the molecule is COc1ccccc1OCC1CO1.[2H]C1([2H])NC([2H])([2H])C([2H])([2H])N(CC(O)COc2ccccc2OC)C1([2H])[2H].[2H]C1([2H])NC([2H])([2H])C([2H])([2H])NC1([2H])[2H]. The molecule has 0 radical (unpaired) electrons. The maximum Gasteiger partial charge on any atom is 0.161 e. The summed E-state index contributed by atoms with van der Waals surface area (Å²) in [5.74, 6) is 2.27. The molecule has 2 atom stereocenters. The zero-order valence-corrected chi connectivity index (χ0v) is 21.0. The lowest BCUT2D eigenvalue weighted by Gasteiger charge is -2.29. The van der Waals surface area contributed by atoms with Crippen molar-refractivity contribution in [2.45, 2.75) is 12.2 Å². The number of β-amino-alcohol motifs (C(OH)–C–C–N with tert-alkyl or cyclic N) is 1. The molecule has 4 N–H and O–H groups in total. The van der Waals surface area contributed by atoms with Gasteiger partial charge in [-0.25, -0.2) is 0 Å². The van der Waals surface area contributed by atoms with Crippen LogP contribution in [0.25, 0.3) is 0 Å². The highest BCUT2D eigenvalue weighted by molar-refractivity contribution is 5.40. The summed E-state index contributed by atoms with van der Waals surface area (Å²) in [4.78, 5) is 0.340. The Balaban J connectivity index is 0.000000242. The fourth-order valence-electron chi connectivity index (χ4n) is 2.80. The molecule has 3 saturated heterocycles. The van der Waals surface area contributed by atoms with Crippen molar-refractivity contribution < 1.29 is 50.7 Å². The van der Waals surface area contributed by atoms with E-state index in [1.165, 1.54) is 7.11 Å². The van der Waals surface area contributed by atoms with E-state index < -0.39 is 64.6 Å². The van der Waals surface area contributed by atoms with Gasteiger partial charge >= 0.3 is 0 Å². The van der Waals surface area contributed by atoms with E-state index in [1.807, 2.05) is 24.3 Å². The van der Waals surface area contributed by atoms with E-state index in [-0.39, 0.29) is 12.7 Å². The molecule has 2 aromatic rings. The number of rotatable bonds is 10. The Morgan fingerprint density at radius 3 is 1.82 bits per heavy atom. The first-order valence-electron chi connectivity index (χ1n) is 19.5. The van der Waals surface area contributed by atoms with Crippen LogP contribution in [0.5, 0.6) is 23.0 Å². The number of piperazine rings is 2. The number of aliphatic hydroxyl groups excluding tert-OH is 1. The molecule has 2 aromatic carbocycles. The quantitative estimate of drug-likeness (QED) is 0.321. The summed E-state index contributed by atoms with van der Waals surface area (Å²) in [7, 11) is 3.07. The highest BCUT2D eigenvalue weighted by Gasteiger charge is 2.23. The molecule has 38 heavy (non-hydrogen) atoms. The number of ether oxygens (including phenoxy) is 5. The van der Waals surface area contributed by atoms with Gasteiger partial charge in [0.25, 0.3) is 0 Å². The van der Waals surface area contributed by atoms with Crippen molar-refractivity contribution >= 4 is 0 Å². The largest absolute Gasteiger partial charge is 0.493 e. The van der Waals surface area contributed by atoms with Crippen LogP contribution in [0.3, 0.4) is 0 Å². The molecule has 10 nitrogen and oxygen atoms in total. The Labute approximate surface area is 249 Å². The Morgan fingerprint density at radius 1 is 0.842 bits per heavy atom. The fourth-order valence-corrected chi connectivity index (χ4v) is 2.80. The second kappa shape index (κ2) is 17.8. The molecule has 2 unspecified atom stereocenters. The van der Waals surface area contributed by atoms with Gasteiger partial charge in [0.15, 0.2) is 23.0 Å². The number of methoxy groups -OCH3 is 2. The standard InChI is InChI=1S/C14H22N2O3.C10H12O3.C4H10N2/c1-18-13-4-2-3-5-14(13)19-11-12(17)10-16-8-6-15-7-9-16;1-11-9-4-2-3-5-10(9)13-7-8-6-12-8;1-2-6-4-3-5-1/h2-5,12,15,17H,6-11H2,1H3;2-5,8H,6-7H2,1H3;5-6H,1-4H2/i6D2,7D2,8D2,9D2;;1D2,2D2,3D2,4D2. The second-order valence-corrected chi connectivity index (χ2v) is 7.49. The average Bonchev–Trinajstić information content (AvgIpc) is 3.88. The third-order valence-electron chi connectivity index (χ3n) is 4.67. The average molecular weight is 549 g/mol. The minimum absolute atomic E-state index is 0.282. The number of hydrogen-bond donors (Lipinski definition) is 4. The van der Waals surface area contributed by atoms with E-state index in [4.69, 9.17) is 45.6 Å². The maximum atomic E-state index is 10.2. The summed E-state index contributed by atoms with van der Waals surface area (Å²) in [6.07, 6.45) is -1.14. The van der Waals surface area contributed by atoms with E-state index in [9.17, 15) is 5.11 Å². The lowest BCUT2D eigenvalue weighted by molar-refractivity contribution is 0.0632.